The quantitative estimate of drug-likeness (QED) is 0.916. The average Bonchev–Trinajstić information content (AvgIpc) is 2.73. The maximum Gasteiger partial charge on any atom is 0.240 e. The van der Waals surface area contributed by atoms with Crippen molar-refractivity contribution in [2.45, 2.75) is 18.4 Å². The number of rotatable bonds is 4. The van der Waals surface area contributed by atoms with E-state index in [9.17, 15) is 12.8 Å². The Kier molecular flexibility index (Phi) is 3.44. The number of aromatic nitrogens is 1. The smallest absolute Gasteiger partial charge is 0.240 e. The van der Waals surface area contributed by atoms with Gasteiger partial charge in [-0.05, 0) is 31.2 Å². The van der Waals surface area contributed by atoms with Crippen molar-refractivity contribution in [3.8, 4) is 0 Å². The summed E-state index contributed by atoms with van der Waals surface area (Å²) in [6, 6.07) is 6.22. The van der Waals surface area contributed by atoms with Gasteiger partial charge in [-0.3, -0.25) is 0 Å². The lowest BCUT2D eigenvalue weighted by Crippen LogP contribution is -2.23. The number of hydrogen-bond acceptors (Lipinski definition) is 4. The molecule has 1 N–H and O–H groups in total. The molecule has 0 radical (unpaired) electrons. The predicted octanol–water partition coefficient (Wildman–Crippen LogP) is 1.60. The lowest BCUT2D eigenvalue weighted by molar-refractivity contribution is 0.390. The van der Waals surface area contributed by atoms with Gasteiger partial charge in [0.15, 0.2) is 0 Å². The van der Waals surface area contributed by atoms with E-state index in [1.807, 2.05) is 0 Å². The molecule has 1 heterocycles. The minimum Gasteiger partial charge on any atom is -0.361 e. The summed E-state index contributed by atoms with van der Waals surface area (Å²) in [6.45, 7) is 1.74. The van der Waals surface area contributed by atoms with Crippen molar-refractivity contribution in [3.63, 3.8) is 0 Å². The van der Waals surface area contributed by atoms with Crippen LogP contribution >= 0.6 is 0 Å². The van der Waals surface area contributed by atoms with Gasteiger partial charge in [-0.1, -0.05) is 5.16 Å². The zero-order chi connectivity index (χ0) is 13.2. The topological polar surface area (TPSA) is 72.2 Å². The van der Waals surface area contributed by atoms with Crippen molar-refractivity contribution in [3.05, 3.63) is 47.6 Å². The van der Waals surface area contributed by atoms with Gasteiger partial charge in [0, 0.05) is 6.07 Å². The van der Waals surface area contributed by atoms with E-state index >= 15 is 0 Å². The van der Waals surface area contributed by atoms with Crippen molar-refractivity contribution < 1.29 is 17.3 Å². The lowest BCUT2D eigenvalue weighted by Gasteiger charge is -2.04. The monoisotopic (exact) mass is 270 g/mol. The highest BCUT2D eigenvalue weighted by molar-refractivity contribution is 7.89. The first-order chi connectivity index (χ1) is 8.47. The third-order valence-electron chi connectivity index (χ3n) is 2.24. The molecule has 0 aliphatic carbocycles. The van der Waals surface area contributed by atoms with Crippen LogP contribution in [0.3, 0.4) is 0 Å². The molecule has 0 aliphatic rings. The first kappa shape index (κ1) is 12.7. The molecule has 5 nitrogen and oxygen atoms in total. The molecule has 0 amide bonds. The molecule has 0 saturated heterocycles. The molecular formula is C11H11FN2O3S. The van der Waals surface area contributed by atoms with Gasteiger partial charge >= 0.3 is 0 Å². The van der Waals surface area contributed by atoms with E-state index in [0.717, 1.165) is 12.1 Å². The summed E-state index contributed by atoms with van der Waals surface area (Å²) in [5.74, 6) is 0.118. The fourth-order valence-corrected chi connectivity index (χ4v) is 2.37. The summed E-state index contributed by atoms with van der Waals surface area (Å²) >= 11 is 0. The standard InChI is InChI=1S/C11H11FN2O3S/c1-8-6-10(14-17-8)7-13-18(15,16)11-4-2-9(12)3-5-11/h2-6,13H,7H2,1H3. The first-order valence-corrected chi connectivity index (χ1v) is 6.63. The zero-order valence-corrected chi connectivity index (χ0v) is 10.4. The Balaban J connectivity index is 2.10. The fraction of sp³-hybridized carbons (Fsp3) is 0.182. The van der Waals surface area contributed by atoms with E-state index in [4.69, 9.17) is 4.52 Å². The molecule has 18 heavy (non-hydrogen) atoms. The van der Waals surface area contributed by atoms with Crippen LogP contribution in [0.1, 0.15) is 11.5 Å². The maximum atomic E-state index is 12.7. The van der Waals surface area contributed by atoms with Crippen LogP contribution in [-0.4, -0.2) is 13.6 Å². The van der Waals surface area contributed by atoms with Gasteiger partial charge in [0.1, 0.15) is 11.6 Å². The highest BCUT2D eigenvalue weighted by Gasteiger charge is 2.14. The van der Waals surface area contributed by atoms with Crippen molar-refractivity contribution in [2.24, 2.45) is 0 Å². The minimum absolute atomic E-state index is 0.00381. The third-order valence-corrected chi connectivity index (χ3v) is 3.66. The summed E-state index contributed by atoms with van der Waals surface area (Å²) in [5.41, 5.74) is 0.484. The molecule has 7 heteroatoms. The molecule has 0 spiro atoms. The van der Waals surface area contributed by atoms with E-state index in [1.54, 1.807) is 13.0 Å². The Morgan fingerprint density at radius 3 is 2.56 bits per heavy atom. The maximum absolute atomic E-state index is 12.7. The Morgan fingerprint density at radius 2 is 2.00 bits per heavy atom. The van der Waals surface area contributed by atoms with Crippen LogP contribution in [0, 0.1) is 12.7 Å². The molecule has 0 aliphatic heterocycles. The number of aryl methyl sites for hydroxylation is 1. The Hall–Kier alpha value is -1.73. The molecule has 2 aromatic rings. The molecule has 1 aromatic heterocycles. The normalized spacial score (nSPS) is 11.7. The van der Waals surface area contributed by atoms with Gasteiger partial charge < -0.3 is 4.52 Å². The van der Waals surface area contributed by atoms with Crippen molar-refractivity contribution in [1.82, 2.24) is 9.88 Å². The summed E-state index contributed by atoms with van der Waals surface area (Å²) in [6.07, 6.45) is 0. The van der Waals surface area contributed by atoms with Crippen LogP contribution < -0.4 is 4.72 Å². The SMILES string of the molecule is Cc1cc(CNS(=O)(=O)c2ccc(F)cc2)no1. The Morgan fingerprint density at radius 1 is 1.33 bits per heavy atom. The van der Waals surface area contributed by atoms with Crippen molar-refractivity contribution >= 4 is 10.0 Å². The Labute approximate surface area is 104 Å². The summed E-state index contributed by atoms with van der Waals surface area (Å²) < 4.78 is 43.5. The van der Waals surface area contributed by atoms with Gasteiger partial charge in [-0.15, -0.1) is 0 Å². The molecule has 0 bridgehead atoms. The van der Waals surface area contributed by atoms with E-state index in [-0.39, 0.29) is 11.4 Å². The number of halogens is 1. The van der Waals surface area contributed by atoms with Gasteiger partial charge in [0.25, 0.3) is 0 Å². The molecule has 0 unspecified atom stereocenters. The van der Waals surface area contributed by atoms with Crippen LogP contribution in [0.4, 0.5) is 4.39 Å². The van der Waals surface area contributed by atoms with E-state index in [2.05, 4.69) is 9.88 Å². The van der Waals surface area contributed by atoms with Gasteiger partial charge in [0.05, 0.1) is 17.1 Å². The lowest BCUT2D eigenvalue weighted by atomic mass is 10.4. The Bertz CT molecular complexity index is 635. The number of nitrogens with zero attached hydrogens (tertiary/aromatic N) is 1. The summed E-state index contributed by atoms with van der Waals surface area (Å²) in [5, 5.41) is 3.66. The second kappa shape index (κ2) is 4.87. The zero-order valence-electron chi connectivity index (χ0n) is 9.55. The number of hydrogen-bond donors (Lipinski definition) is 1. The summed E-state index contributed by atoms with van der Waals surface area (Å²) in [4.78, 5) is 0.00381. The van der Waals surface area contributed by atoms with Gasteiger partial charge in [0.2, 0.25) is 10.0 Å². The number of sulfonamides is 1. The van der Waals surface area contributed by atoms with Crippen LogP contribution in [-0.2, 0) is 16.6 Å². The third kappa shape index (κ3) is 2.93. The van der Waals surface area contributed by atoms with Crippen LogP contribution in [0.25, 0.3) is 0 Å². The first-order valence-electron chi connectivity index (χ1n) is 5.15. The van der Waals surface area contributed by atoms with E-state index in [1.165, 1.54) is 12.1 Å². The highest BCUT2D eigenvalue weighted by atomic mass is 32.2. The minimum atomic E-state index is -3.66. The molecular weight excluding hydrogens is 259 g/mol. The summed E-state index contributed by atoms with van der Waals surface area (Å²) in [7, 11) is -3.66. The highest BCUT2D eigenvalue weighted by Crippen LogP contribution is 2.10. The van der Waals surface area contributed by atoms with Crippen LogP contribution in [0.5, 0.6) is 0 Å². The van der Waals surface area contributed by atoms with Crippen LogP contribution in [0.15, 0.2) is 39.8 Å². The average molecular weight is 270 g/mol. The molecule has 2 rings (SSSR count). The number of nitrogens with one attached hydrogen (secondary N) is 1. The van der Waals surface area contributed by atoms with Gasteiger partial charge in [-0.25, -0.2) is 17.5 Å². The molecule has 0 atom stereocenters. The molecule has 0 fully saturated rings. The molecule has 1 aromatic carbocycles. The second-order valence-corrected chi connectivity index (χ2v) is 5.47. The molecule has 96 valence electrons. The fourth-order valence-electron chi connectivity index (χ4n) is 1.37. The largest absolute Gasteiger partial charge is 0.361 e. The molecule has 0 saturated carbocycles. The van der Waals surface area contributed by atoms with Crippen LogP contribution in [0.2, 0.25) is 0 Å². The van der Waals surface area contributed by atoms with E-state index in [0.29, 0.717) is 11.5 Å². The predicted molar refractivity (Wildman–Crippen MR) is 61.7 cm³/mol. The van der Waals surface area contributed by atoms with Crippen molar-refractivity contribution in [1.29, 1.82) is 0 Å². The van der Waals surface area contributed by atoms with E-state index < -0.39 is 15.8 Å². The van der Waals surface area contributed by atoms with Crippen molar-refractivity contribution in [2.75, 3.05) is 0 Å². The number of benzene rings is 1. The van der Waals surface area contributed by atoms with Gasteiger partial charge in [-0.2, -0.15) is 0 Å². The second-order valence-electron chi connectivity index (χ2n) is 3.71.